The lowest BCUT2D eigenvalue weighted by atomic mass is 10.1. The molecule has 0 unspecified atom stereocenters. The molecule has 1 aromatic carbocycles. The summed E-state index contributed by atoms with van der Waals surface area (Å²) in [5.74, 6) is -0.0164. The summed E-state index contributed by atoms with van der Waals surface area (Å²) in [6.45, 7) is 6.08. The van der Waals surface area contributed by atoms with Gasteiger partial charge in [-0.15, -0.1) is 11.3 Å². The summed E-state index contributed by atoms with van der Waals surface area (Å²) in [6, 6.07) is 13.0. The van der Waals surface area contributed by atoms with Crippen LogP contribution >= 0.6 is 11.3 Å². The number of rotatable bonds is 3. The zero-order chi connectivity index (χ0) is 22.4. The third-order valence-corrected chi connectivity index (χ3v) is 6.96. The molecule has 32 heavy (non-hydrogen) atoms. The second-order valence-corrected chi connectivity index (χ2v) is 9.04. The van der Waals surface area contributed by atoms with E-state index >= 15 is 0 Å². The second-order valence-electron chi connectivity index (χ2n) is 8.01. The number of aryl methyl sites for hydroxylation is 1. The number of ketones is 1. The number of piperazine rings is 1. The molecule has 0 saturated carbocycles. The van der Waals surface area contributed by atoms with Crippen LogP contribution in [0.2, 0.25) is 0 Å². The van der Waals surface area contributed by atoms with Gasteiger partial charge in [0.05, 0.1) is 10.3 Å². The van der Waals surface area contributed by atoms with E-state index < -0.39 is 0 Å². The van der Waals surface area contributed by atoms with Crippen LogP contribution in [0, 0.1) is 6.92 Å². The van der Waals surface area contributed by atoms with Crippen LogP contribution in [-0.2, 0) is 0 Å². The van der Waals surface area contributed by atoms with Crippen molar-refractivity contribution in [3.05, 3.63) is 75.0 Å². The van der Waals surface area contributed by atoms with Crippen molar-refractivity contribution in [2.45, 2.75) is 13.8 Å². The molecule has 1 fully saturated rings. The van der Waals surface area contributed by atoms with Crippen LogP contribution in [-0.4, -0.2) is 52.2 Å². The molecule has 4 heterocycles. The van der Waals surface area contributed by atoms with Gasteiger partial charge >= 0.3 is 0 Å². The number of amides is 1. The van der Waals surface area contributed by atoms with Crippen molar-refractivity contribution in [1.82, 2.24) is 14.3 Å². The first-order valence-electron chi connectivity index (χ1n) is 10.5. The van der Waals surface area contributed by atoms with Gasteiger partial charge in [-0.2, -0.15) is 0 Å². The highest BCUT2D eigenvalue weighted by molar-refractivity contribution is 7.20. The molecule has 1 amide bonds. The van der Waals surface area contributed by atoms with Crippen molar-refractivity contribution in [2.24, 2.45) is 0 Å². The Morgan fingerprint density at radius 1 is 1.03 bits per heavy atom. The Balaban J connectivity index is 1.35. The second kappa shape index (κ2) is 7.87. The van der Waals surface area contributed by atoms with Crippen LogP contribution in [0.15, 0.2) is 53.5 Å². The van der Waals surface area contributed by atoms with Crippen molar-refractivity contribution < 1.29 is 9.59 Å². The molecule has 0 aliphatic carbocycles. The van der Waals surface area contributed by atoms with Crippen molar-refractivity contribution in [3.8, 4) is 0 Å². The van der Waals surface area contributed by atoms with E-state index in [0.29, 0.717) is 52.5 Å². The Kier molecular flexibility index (Phi) is 5.01. The number of thiophene rings is 1. The third kappa shape index (κ3) is 3.46. The van der Waals surface area contributed by atoms with Crippen LogP contribution in [0.25, 0.3) is 15.9 Å². The highest BCUT2D eigenvalue weighted by atomic mass is 32.1. The fraction of sp³-hybridized carbons (Fsp3) is 0.250. The number of anilines is 1. The van der Waals surface area contributed by atoms with Crippen LogP contribution in [0.4, 0.5) is 5.69 Å². The molecule has 0 bridgehead atoms. The Hall–Kier alpha value is -3.52. The number of carbonyl (C=O) groups excluding carboxylic acids is 2. The van der Waals surface area contributed by atoms with Crippen LogP contribution < -0.4 is 10.5 Å². The first kappa shape index (κ1) is 20.4. The van der Waals surface area contributed by atoms with E-state index in [-0.39, 0.29) is 17.2 Å². The van der Waals surface area contributed by atoms with Crippen molar-refractivity contribution in [1.29, 1.82) is 0 Å². The van der Waals surface area contributed by atoms with Gasteiger partial charge in [-0.05, 0) is 55.8 Å². The molecule has 3 aromatic heterocycles. The number of hydrogen-bond acceptors (Lipinski definition) is 6. The minimum atomic E-state index is -0.150. The van der Waals surface area contributed by atoms with Crippen LogP contribution in [0.3, 0.4) is 0 Å². The van der Waals surface area contributed by atoms with E-state index in [1.165, 1.54) is 15.7 Å². The Labute approximate surface area is 188 Å². The molecule has 1 saturated heterocycles. The minimum Gasteiger partial charge on any atom is -0.368 e. The van der Waals surface area contributed by atoms with Gasteiger partial charge in [0.2, 0.25) is 0 Å². The van der Waals surface area contributed by atoms with Crippen molar-refractivity contribution in [2.75, 3.05) is 31.1 Å². The summed E-state index contributed by atoms with van der Waals surface area (Å²) < 4.78 is 1.54. The van der Waals surface area contributed by atoms with E-state index in [9.17, 15) is 14.4 Å². The molecular formula is C24H22N4O3S. The number of pyridine rings is 1. The molecule has 0 radical (unpaired) electrons. The number of nitrogens with zero attached hydrogens (tertiary/aromatic N) is 4. The van der Waals surface area contributed by atoms with Crippen LogP contribution in [0.5, 0.6) is 0 Å². The SMILES string of the molecule is CC(=O)c1ccc(N2CCN(C(=O)c3cc4c(=O)n5cccc(C)c5nc4s3)CC2)cc1. The lowest BCUT2D eigenvalue weighted by molar-refractivity contribution is 0.0751. The molecule has 5 rings (SSSR count). The molecule has 0 N–H and O–H groups in total. The van der Waals surface area contributed by atoms with Crippen LogP contribution in [0.1, 0.15) is 32.5 Å². The standard InChI is InChI=1S/C24H22N4O3S/c1-15-4-3-9-28-21(15)25-22-19(23(28)30)14-20(32-22)24(31)27-12-10-26(11-13-27)18-7-5-17(6-8-18)16(2)29/h3-9,14H,10-13H2,1-2H3. The number of fused-ring (bicyclic) bond motifs is 2. The van der Waals surface area contributed by atoms with Gasteiger partial charge in [0.1, 0.15) is 10.5 Å². The first-order chi connectivity index (χ1) is 15.4. The molecule has 7 nitrogen and oxygen atoms in total. The highest BCUT2D eigenvalue weighted by Crippen LogP contribution is 2.25. The van der Waals surface area contributed by atoms with E-state index in [0.717, 1.165) is 11.3 Å². The summed E-state index contributed by atoms with van der Waals surface area (Å²) in [4.78, 5) is 47.3. The lowest BCUT2D eigenvalue weighted by Crippen LogP contribution is -2.48. The van der Waals surface area contributed by atoms with Gasteiger partial charge in [-0.3, -0.25) is 18.8 Å². The molecule has 8 heteroatoms. The smallest absolute Gasteiger partial charge is 0.266 e. The fourth-order valence-electron chi connectivity index (χ4n) is 4.09. The Morgan fingerprint density at radius 2 is 1.75 bits per heavy atom. The molecular weight excluding hydrogens is 424 g/mol. The van der Waals surface area contributed by atoms with E-state index in [1.807, 2.05) is 48.2 Å². The normalized spacial score (nSPS) is 14.3. The number of carbonyl (C=O) groups is 2. The molecule has 0 atom stereocenters. The largest absolute Gasteiger partial charge is 0.368 e. The molecule has 0 spiro atoms. The molecule has 1 aliphatic rings. The predicted octanol–water partition coefficient (Wildman–Crippen LogP) is 3.38. The van der Waals surface area contributed by atoms with E-state index in [1.54, 1.807) is 19.2 Å². The number of aromatic nitrogens is 2. The fourth-order valence-corrected chi connectivity index (χ4v) is 5.08. The van der Waals surface area contributed by atoms with Gasteiger partial charge in [-0.25, -0.2) is 4.98 Å². The maximum atomic E-state index is 13.1. The molecule has 4 aromatic rings. The number of hydrogen-bond donors (Lipinski definition) is 0. The Bertz CT molecular complexity index is 1410. The zero-order valence-electron chi connectivity index (χ0n) is 17.9. The third-order valence-electron chi connectivity index (χ3n) is 5.95. The van der Waals surface area contributed by atoms with Gasteiger partial charge in [0.15, 0.2) is 5.78 Å². The number of Topliss-reactive ketones (excluding diaryl/α,β-unsaturated/α-hetero) is 1. The first-order valence-corrected chi connectivity index (χ1v) is 11.3. The van der Waals surface area contributed by atoms with E-state index in [4.69, 9.17) is 0 Å². The molecule has 1 aliphatic heterocycles. The summed E-state index contributed by atoms with van der Waals surface area (Å²) in [6.07, 6.45) is 1.71. The van der Waals surface area contributed by atoms with Crippen molar-refractivity contribution in [3.63, 3.8) is 0 Å². The average molecular weight is 447 g/mol. The lowest BCUT2D eigenvalue weighted by Gasteiger charge is -2.36. The maximum Gasteiger partial charge on any atom is 0.266 e. The molecule has 162 valence electrons. The quantitative estimate of drug-likeness (QED) is 0.451. The van der Waals surface area contributed by atoms with Gasteiger partial charge in [0.25, 0.3) is 11.5 Å². The highest BCUT2D eigenvalue weighted by Gasteiger charge is 2.25. The predicted molar refractivity (Wildman–Crippen MR) is 126 cm³/mol. The number of benzene rings is 1. The minimum absolute atomic E-state index is 0.0486. The summed E-state index contributed by atoms with van der Waals surface area (Å²) in [5, 5.41) is 0.477. The van der Waals surface area contributed by atoms with Gasteiger partial charge in [0, 0.05) is 43.6 Å². The topological polar surface area (TPSA) is 75.0 Å². The Morgan fingerprint density at radius 3 is 2.44 bits per heavy atom. The monoisotopic (exact) mass is 446 g/mol. The van der Waals surface area contributed by atoms with Crippen molar-refractivity contribution >= 4 is 44.6 Å². The van der Waals surface area contributed by atoms with Gasteiger partial charge in [-0.1, -0.05) is 6.07 Å². The summed E-state index contributed by atoms with van der Waals surface area (Å²) >= 11 is 1.28. The average Bonchev–Trinajstić information content (AvgIpc) is 3.24. The van der Waals surface area contributed by atoms with E-state index in [2.05, 4.69) is 9.88 Å². The van der Waals surface area contributed by atoms with Gasteiger partial charge < -0.3 is 9.80 Å². The summed E-state index contributed by atoms with van der Waals surface area (Å²) in [7, 11) is 0. The summed E-state index contributed by atoms with van der Waals surface area (Å²) in [5.41, 5.74) is 3.13. The maximum absolute atomic E-state index is 13.1. The zero-order valence-corrected chi connectivity index (χ0v) is 18.7.